The van der Waals surface area contributed by atoms with E-state index in [0.717, 1.165) is 5.56 Å². The summed E-state index contributed by atoms with van der Waals surface area (Å²) in [6.07, 6.45) is 0. The maximum atomic E-state index is 13.6. The summed E-state index contributed by atoms with van der Waals surface area (Å²) < 4.78 is 19.1. The van der Waals surface area contributed by atoms with E-state index >= 15 is 0 Å². The summed E-state index contributed by atoms with van der Waals surface area (Å²) in [5, 5.41) is 8.93. The Morgan fingerprint density at radius 3 is 2.44 bits per heavy atom. The third-order valence-electron chi connectivity index (χ3n) is 2.59. The zero-order chi connectivity index (χ0) is 13.0. The summed E-state index contributed by atoms with van der Waals surface area (Å²) in [4.78, 5) is 0. The number of benzene rings is 2. The van der Waals surface area contributed by atoms with Crippen LogP contribution in [0.1, 0.15) is 11.1 Å². The van der Waals surface area contributed by atoms with E-state index < -0.39 is 5.82 Å². The second-order valence-corrected chi connectivity index (χ2v) is 3.84. The number of hydrogen-bond donors (Lipinski definition) is 2. The lowest BCUT2D eigenvalue weighted by molar-refractivity contribution is 0.281. The predicted octanol–water partition coefficient (Wildman–Crippen LogP) is 2.57. The third kappa shape index (κ3) is 2.67. The van der Waals surface area contributed by atoms with Crippen molar-refractivity contribution in [3.8, 4) is 11.5 Å². The first-order valence-electron chi connectivity index (χ1n) is 5.59. The molecule has 0 aliphatic heterocycles. The fourth-order valence-corrected chi connectivity index (χ4v) is 1.61. The van der Waals surface area contributed by atoms with Gasteiger partial charge in [0.25, 0.3) is 0 Å². The minimum atomic E-state index is -0.441. The molecule has 0 spiro atoms. The summed E-state index contributed by atoms with van der Waals surface area (Å²) >= 11 is 0. The third-order valence-corrected chi connectivity index (χ3v) is 2.59. The van der Waals surface area contributed by atoms with Crippen molar-refractivity contribution in [2.75, 3.05) is 0 Å². The van der Waals surface area contributed by atoms with Crippen LogP contribution in [0.2, 0.25) is 0 Å². The van der Waals surface area contributed by atoms with Crippen molar-refractivity contribution in [1.82, 2.24) is 0 Å². The van der Waals surface area contributed by atoms with Gasteiger partial charge in [-0.05, 0) is 23.8 Å². The van der Waals surface area contributed by atoms with Gasteiger partial charge in [0.05, 0.1) is 6.61 Å². The first-order chi connectivity index (χ1) is 8.74. The van der Waals surface area contributed by atoms with Gasteiger partial charge in [-0.1, -0.05) is 24.3 Å². The van der Waals surface area contributed by atoms with E-state index in [2.05, 4.69) is 0 Å². The summed E-state index contributed by atoms with van der Waals surface area (Å²) in [6, 6.07) is 11.4. The van der Waals surface area contributed by atoms with Gasteiger partial charge < -0.3 is 15.6 Å². The van der Waals surface area contributed by atoms with Crippen molar-refractivity contribution < 1.29 is 14.2 Å². The highest BCUT2D eigenvalue weighted by Crippen LogP contribution is 2.28. The first kappa shape index (κ1) is 12.5. The minimum absolute atomic E-state index is 0.0337. The molecule has 2 rings (SSSR count). The fourth-order valence-electron chi connectivity index (χ4n) is 1.61. The highest BCUT2D eigenvalue weighted by atomic mass is 19.1. The molecule has 4 heteroatoms. The number of ether oxygens (including phenoxy) is 1. The molecule has 94 valence electrons. The van der Waals surface area contributed by atoms with Crippen LogP contribution in [-0.2, 0) is 13.2 Å². The molecule has 0 atom stereocenters. The van der Waals surface area contributed by atoms with Gasteiger partial charge in [-0.25, -0.2) is 4.39 Å². The van der Waals surface area contributed by atoms with Crippen LogP contribution in [0.5, 0.6) is 11.5 Å². The summed E-state index contributed by atoms with van der Waals surface area (Å²) in [7, 11) is 0. The molecule has 2 aromatic rings. The lowest BCUT2D eigenvalue weighted by atomic mass is 10.2. The van der Waals surface area contributed by atoms with E-state index in [1.165, 1.54) is 6.07 Å². The molecule has 0 amide bonds. The van der Waals surface area contributed by atoms with Gasteiger partial charge in [0.15, 0.2) is 11.6 Å². The second-order valence-electron chi connectivity index (χ2n) is 3.84. The number of rotatable bonds is 4. The molecule has 18 heavy (non-hydrogen) atoms. The average molecular weight is 247 g/mol. The minimum Gasteiger partial charge on any atom is -0.454 e. The number of aliphatic hydroxyl groups is 1. The summed E-state index contributed by atoms with van der Waals surface area (Å²) in [5.74, 6) is 0.216. The topological polar surface area (TPSA) is 55.5 Å². The van der Waals surface area contributed by atoms with Gasteiger partial charge in [-0.2, -0.15) is 0 Å². The molecular formula is C14H14FNO2. The van der Waals surface area contributed by atoms with E-state index in [0.29, 0.717) is 11.3 Å². The highest BCUT2D eigenvalue weighted by molar-refractivity contribution is 5.39. The molecular weight excluding hydrogens is 233 g/mol. The summed E-state index contributed by atoms with van der Waals surface area (Å²) in [5.41, 5.74) is 6.92. The zero-order valence-corrected chi connectivity index (χ0v) is 9.77. The summed E-state index contributed by atoms with van der Waals surface area (Å²) in [6.45, 7) is 0.176. The molecule has 0 radical (unpaired) electrons. The average Bonchev–Trinajstić information content (AvgIpc) is 2.42. The Morgan fingerprint density at radius 2 is 1.83 bits per heavy atom. The zero-order valence-electron chi connectivity index (χ0n) is 9.77. The Hall–Kier alpha value is -1.91. The Bertz CT molecular complexity index is 526. The number of halogens is 1. The number of nitrogens with two attached hydrogens (primary N) is 1. The molecule has 3 N–H and O–H groups in total. The fraction of sp³-hybridized carbons (Fsp3) is 0.143. The Balaban J connectivity index is 2.27. The van der Waals surface area contributed by atoms with Crippen LogP contribution in [0, 0.1) is 5.82 Å². The SMILES string of the molecule is NCc1cccc(F)c1Oc1ccc(CO)cc1. The molecule has 0 saturated carbocycles. The molecule has 0 bridgehead atoms. The van der Waals surface area contributed by atoms with E-state index in [-0.39, 0.29) is 18.9 Å². The van der Waals surface area contributed by atoms with Crippen molar-refractivity contribution in [3.05, 3.63) is 59.4 Å². The number of aliphatic hydroxyl groups excluding tert-OH is 1. The molecule has 0 heterocycles. The van der Waals surface area contributed by atoms with Gasteiger partial charge >= 0.3 is 0 Å². The number of hydrogen-bond acceptors (Lipinski definition) is 3. The largest absolute Gasteiger partial charge is 0.454 e. The molecule has 2 aromatic carbocycles. The van der Waals surface area contributed by atoms with Crippen molar-refractivity contribution in [3.63, 3.8) is 0 Å². The maximum Gasteiger partial charge on any atom is 0.167 e. The second kappa shape index (κ2) is 5.62. The van der Waals surface area contributed by atoms with E-state index in [1.54, 1.807) is 36.4 Å². The van der Waals surface area contributed by atoms with Gasteiger partial charge in [0.2, 0.25) is 0 Å². The van der Waals surface area contributed by atoms with Crippen LogP contribution in [0.4, 0.5) is 4.39 Å². The van der Waals surface area contributed by atoms with Crippen LogP contribution in [0.25, 0.3) is 0 Å². The van der Waals surface area contributed by atoms with E-state index in [9.17, 15) is 4.39 Å². The number of para-hydroxylation sites is 1. The maximum absolute atomic E-state index is 13.6. The highest BCUT2D eigenvalue weighted by Gasteiger charge is 2.09. The molecule has 0 aromatic heterocycles. The van der Waals surface area contributed by atoms with Crippen LogP contribution < -0.4 is 10.5 Å². The van der Waals surface area contributed by atoms with E-state index in [4.69, 9.17) is 15.6 Å². The standard InChI is InChI=1S/C14H14FNO2/c15-13-3-1-2-11(8-16)14(13)18-12-6-4-10(9-17)5-7-12/h1-7,17H,8-9,16H2. The Kier molecular flexibility index (Phi) is 3.92. The Labute approximate surface area is 105 Å². The van der Waals surface area contributed by atoms with Crippen LogP contribution in [0.3, 0.4) is 0 Å². The molecule has 0 aliphatic carbocycles. The monoisotopic (exact) mass is 247 g/mol. The van der Waals surface area contributed by atoms with Crippen LogP contribution in [0.15, 0.2) is 42.5 Å². The molecule has 0 fully saturated rings. The first-order valence-corrected chi connectivity index (χ1v) is 5.59. The van der Waals surface area contributed by atoms with Crippen molar-refractivity contribution in [2.45, 2.75) is 13.2 Å². The van der Waals surface area contributed by atoms with E-state index in [1.807, 2.05) is 0 Å². The lowest BCUT2D eigenvalue weighted by Crippen LogP contribution is -2.01. The normalized spacial score (nSPS) is 10.4. The predicted molar refractivity (Wildman–Crippen MR) is 66.7 cm³/mol. The van der Waals surface area contributed by atoms with Crippen LogP contribution in [-0.4, -0.2) is 5.11 Å². The lowest BCUT2D eigenvalue weighted by Gasteiger charge is -2.11. The quantitative estimate of drug-likeness (QED) is 0.873. The molecule has 3 nitrogen and oxygen atoms in total. The molecule has 0 saturated heterocycles. The smallest absolute Gasteiger partial charge is 0.167 e. The van der Waals surface area contributed by atoms with Crippen molar-refractivity contribution in [2.24, 2.45) is 5.73 Å². The van der Waals surface area contributed by atoms with Crippen LogP contribution >= 0.6 is 0 Å². The van der Waals surface area contributed by atoms with Gasteiger partial charge in [0, 0.05) is 12.1 Å². The van der Waals surface area contributed by atoms with Crippen molar-refractivity contribution in [1.29, 1.82) is 0 Å². The Morgan fingerprint density at radius 1 is 1.11 bits per heavy atom. The molecule has 0 unspecified atom stereocenters. The van der Waals surface area contributed by atoms with Gasteiger partial charge in [-0.15, -0.1) is 0 Å². The molecule has 0 aliphatic rings. The van der Waals surface area contributed by atoms with Gasteiger partial charge in [-0.3, -0.25) is 0 Å². The van der Waals surface area contributed by atoms with Crippen molar-refractivity contribution >= 4 is 0 Å². The van der Waals surface area contributed by atoms with Gasteiger partial charge in [0.1, 0.15) is 5.75 Å².